The molecule has 0 atom stereocenters. The third-order valence-corrected chi connectivity index (χ3v) is 7.22. The average Bonchev–Trinajstić information content (AvgIpc) is 3.65. The number of carbonyl (C=O) groups is 1. The van der Waals surface area contributed by atoms with Gasteiger partial charge in [-0.1, -0.05) is 36.4 Å². The molecular weight excluding hydrogens is 426 g/mol. The summed E-state index contributed by atoms with van der Waals surface area (Å²) >= 11 is 0. The summed E-state index contributed by atoms with van der Waals surface area (Å²) in [5.74, 6) is 2.20. The molecule has 1 fully saturated rings. The molecule has 0 radical (unpaired) electrons. The zero-order chi connectivity index (χ0) is 22.6. The molecule has 4 aromatic rings. The Labute approximate surface area is 197 Å². The highest BCUT2D eigenvalue weighted by molar-refractivity contribution is 6.10. The quantitative estimate of drug-likeness (QED) is 0.472. The van der Waals surface area contributed by atoms with Crippen LogP contribution in [0.5, 0.6) is 11.5 Å². The number of fused-ring (bicyclic) bond motifs is 3. The fraction of sp³-hybridized carbons (Fsp3) is 0.286. The number of H-pyrrole nitrogens is 1. The summed E-state index contributed by atoms with van der Waals surface area (Å²) in [7, 11) is 0. The van der Waals surface area contributed by atoms with Crippen LogP contribution in [0.15, 0.2) is 54.6 Å². The van der Waals surface area contributed by atoms with Crippen LogP contribution in [0.4, 0.5) is 0 Å². The summed E-state index contributed by atoms with van der Waals surface area (Å²) in [6, 6.07) is 18.3. The Bertz CT molecular complexity index is 1440. The number of nitrogens with one attached hydrogen (secondary N) is 1. The van der Waals surface area contributed by atoms with Crippen LogP contribution in [-0.2, 0) is 13.0 Å². The standard InChI is InChI=1S/C28H25N3O3/c32-28(31-12-11-24-23(16-31)27(30-29-24)17-7-8-17)22-6-2-4-20-19(3-1-5-21(20)22)18-9-10-25-26(15-18)34-14-13-33-25/h1-6,9-10,15,17H,7-8,11-14,16H2,(H,29,30). The Morgan fingerprint density at radius 1 is 0.971 bits per heavy atom. The van der Waals surface area contributed by atoms with E-state index >= 15 is 0 Å². The Morgan fingerprint density at radius 3 is 2.68 bits per heavy atom. The number of hydrogen-bond donors (Lipinski definition) is 1. The number of carbonyl (C=O) groups excluding carboxylic acids is 1. The molecule has 34 heavy (non-hydrogen) atoms. The van der Waals surface area contributed by atoms with Gasteiger partial charge in [0.1, 0.15) is 13.2 Å². The van der Waals surface area contributed by atoms with Crippen molar-refractivity contribution >= 4 is 16.7 Å². The maximum atomic E-state index is 13.7. The zero-order valence-corrected chi connectivity index (χ0v) is 18.8. The van der Waals surface area contributed by atoms with E-state index in [1.807, 2.05) is 41.3 Å². The van der Waals surface area contributed by atoms with Gasteiger partial charge in [0.05, 0.1) is 5.69 Å². The fourth-order valence-corrected chi connectivity index (χ4v) is 5.31. The third kappa shape index (κ3) is 3.16. The number of aromatic amines is 1. The number of aromatic nitrogens is 2. The lowest BCUT2D eigenvalue weighted by molar-refractivity contribution is 0.0736. The van der Waals surface area contributed by atoms with Crippen LogP contribution in [0, 0.1) is 0 Å². The van der Waals surface area contributed by atoms with Crippen molar-refractivity contribution in [2.24, 2.45) is 0 Å². The van der Waals surface area contributed by atoms with Crippen LogP contribution in [-0.4, -0.2) is 40.8 Å². The highest BCUT2D eigenvalue weighted by Gasteiger charge is 2.33. The van der Waals surface area contributed by atoms with Gasteiger partial charge < -0.3 is 14.4 Å². The lowest BCUT2D eigenvalue weighted by Crippen LogP contribution is -2.36. The molecule has 1 aliphatic carbocycles. The third-order valence-electron chi connectivity index (χ3n) is 7.22. The molecule has 1 amide bonds. The van der Waals surface area contributed by atoms with Gasteiger partial charge in [-0.05, 0) is 52.9 Å². The topological polar surface area (TPSA) is 67.5 Å². The van der Waals surface area contributed by atoms with E-state index in [-0.39, 0.29) is 5.91 Å². The first-order valence-electron chi connectivity index (χ1n) is 12.0. The second-order valence-corrected chi connectivity index (χ2v) is 9.38. The first kappa shape index (κ1) is 19.6. The first-order chi connectivity index (χ1) is 16.8. The summed E-state index contributed by atoms with van der Waals surface area (Å²) in [5.41, 5.74) is 6.48. The molecule has 1 N–H and O–H groups in total. The average molecular weight is 452 g/mol. The minimum absolute atomic E-state index is 0.0820. The maximum absolute atomic E-state index is 13.7. The molecule has 0 unspecified atom stereocenters. The summed E-state index contributed by atoms with van der Waals surface area (Å²) in [5, 5.41) is 9.82. The summed E-state index contributed by atoms with van der Waals surface area (Å²) in [4.78, 5) is 15.7. The van der Waals surface area contributed by atoms with Gasteiger partial charge in [-0.25, -0.2) is 0 Å². The second kappa shape index (κ2) is 7.62. The molecule has 0 spiro atoms. The predicted molar refractivity (Wildman–Crippen MR) is 129 cm³/mol. The van der Waals surface area contributed by atoms with Crippen molar-refractivity contribution in [2.75, 3.05) is 19.8 Å². The minimum Gasteiger partial charge on any atom is -0.486 e. The van der Waals surface area contributed by atoms with E-state index in [2.05, 4.69) is 28.4 Å². The summed E-state index contributed by atoms with van der Waals surface area (Å²) < 4.78 is 11.5. The molecule has 6 heteroatoms. The van der Waals surface area contributed by atoms with Crippen LogP contribution >= 0.6 is 0 Å². The molecule has 0 bridgehead atoms. The molecule has 170 valence electrons. The number of benzene rings is 3. The molecular formula is C28H25N3O3. The van der Waals surface area contributed by atoms with Crippen molar-refractivity contribution in [3.8, 4) is 22.6 Å². The molecule has 1 aromatic heterocycles. The number of ether oxygens (including phenoxy) is 2. The van der Waals surface area contributed by atoms with E-state index in [0.29, 0.717) is 32.2 Å². The van der Waals surface area contributed by atoms with Crippen LogP contribution in [0.25, 0.3) is 21.9 Å². The van der Waals surface area contributed by atoms with Crippen molar-refractivity contribution in [2.45, 2.75) is 31.7 Å². The Kier molecular flexibility index (Phi) is 4.40. The van der Waals surface area contributed by atoms with E-state index in [1.165, 1.54) is 29.8 Å². The SMILES string of the molecule is O=C(c1cccc2c(-c3ccc4c(c3)OCCO4)cccc12)N1CCc2[nH]nc(C3CC3)c2C1. The van der Waals surface area contributed by atoms with Gasteiger partial charge >= 0.3 is 0 Å². The molecule has 3 heterocycles. The molecule has 2 aliphatic heterocycles. The van der Waals surface area contributed by atoms with Crippen LogP contribution in [0.2, 0.25) is 0 Å². The predicted octanol–water partition coefficient (Wildman–Crippen LogP) is 5.08. The van der Waals surface area contributed by atoms with Crippen molar-refractivity contribution < 1.29 is 14.3 Å². The molecule has 0 saturated heterocycles. The van der Waals surface area contributed by atoms with Gasteiger partial charge in [-0.15, -0.1) is 0 Å². The van der Waals surface area contributed by atoms with Crippen LogP contribution < -0.4 is 9.47 Å². The van der Waals surface area contributed by atoms with Gasteiger partial charge in [0, 0.05) is 42.2 Å². The first-order valence-corrected chi connectivity index (χ1v) is 12.0. The summed E-state index contributed by atoms with van der Waals surface area (Å²) in [6.45, 7) is 2.47. The maximum Gasteiger partial charge on any atom is 0.254 e. The van der Waals surface area contributed by atoms with Gasteiger partial charge in [-0.3, -0.25) is 9.89 Å². The normalized spacial score (nSPS) is 17.0. The van der Waals surface area contributed by atoms with Crippen LogP contribution in [0.3, 0.4) is 0 Å². The zero-order valence-electron chi connectivity index (χ0n) is 18.8. The van der Waals surface area contributed by atoms with E-state index in [0.717, 1.165) is 45.4 Å². The Morgan fingerprint density at radius 2 is 1.79 bits per heavy atom. The van der Waals surface area contributed by atoms with Crippen molar-refractivity contribution in [3.05, 3.63) is 77.1 Å². The minimum atomic E-state index is 0.0820. The molecule has 6 nitrogen and oxygen atoms in total. The lowest BCUT2D eigenvalue weighted by atomic mass is 9.94. The van der Waals surface area contributed by atoms with Crippen molar-refractivity contribution in [1.82, 2.24) is 15.1 Å². The summed E-state index contributed by atoms with van der Waals surface area (Å²) in [6.07, 6.45) is 3.24. The molecule has 1 saturated carbocycles. The Hall–Kier alpha value is -3.80. The lowest BCUT2D eigenvalue weighted by Gasteiger charge is -2.28. The number of nitrogens with zero attached hydrogens (tertiary/aromatic N) is 2. The van der Waals surface area contributed by atoms with Crippen LogP contribution in [0.1, 0.15) is 46.1 Å². The van der Waals surface area contributed by atoms with Gasteiger partial charge in [0.25, 0.3) is 5.91 Å². The van der Waals surface area contributed by atoms with Gasteiger partial charge in [-0.2, -0.15) is 5.10 Å². The fourth-order valence-electron chi connectivity index (χ4n) is 5.31. The monoisotopic (exact) mass is 451 g/mol. The number of hydrogen-bond acceptors (Lipinski definition) is 4. The molecule has 3 aromatic carbocycles. The largest absolute Gasteiger partial charge is 0.486 e. The smallest absolute Gasteiger partial charge is 0.254 e. The highest BCUT2D eigenvalue weighted by atomic mass is 16.6. The Balaban J connectivity index is 1.25. The van der Waals surface area contributed by atoms with Gasteiger partial charge in [0.15, 0.2) is 11.5 Å². The number of rotatable bonds is 3. The highest BCUT2D eigenvalue weighted by Crippen LogP contribution is 2.42. The van der Waals surface area contributed by atoms with E-state index < -0.39 is 0 Å². The van der Waals surface area contributed by atoms with E-state index in [1.54, 1.807) is 0 Å². The van der Waals surface area contributed by atoms with E-state index in [9.17, 15) is 4.79 Å². The van der Waals surface area contributed by atoms with Gasteiger partial charge in [0.2, 0.25) is 0 Å². The second-order valence-electron chi connectivity index (χ2n) is 9.38. The van der Waals surface area contributed by atoms with Crippen molar-refractivity contribution in [1.29, 1.82) is 0 Å². The number of amides is 1. The van der Waals surface area contributed by atoms with Crippen molar-refractivity contribution in [3.63, 3.8) is 0 Å². The van der Waals surface area contributed by atoms with E-state index in [4.69, 9.17) is 9.47 Å². The molecule has 3 aliphatic rings. The molecule has 7 rings (SSSR count).